The van der Waals surface area contributed by atoms with Crippen LogP contribution in [-0.2, 0) is 18.3 Å². The molecule has 0 bridgehead atoms. The van der Waals surface area contributed by atoms with Crippen molar-refractivity contribution in [3.05, 3.63) is 35.8 Å². The number of benzene rings is 1. The Morgan fingerprint density at radius 2 is 2.29 bits per heavy atom. The van der Waals surface area contributed by atoms with E-state index in [1.807, 2.05) is 17.8 Å². The van der Waals surface area contributed by atoms with Gasteiger partial charge in [0.15, 0.2) is 0 Å². The second-order valence-corrected chi connectivity index (χ2v) is 3.30. The zero-order valence-corrected chi connectivity index (χ0v) is 7.83. The molecule has 0 atom stereocenters. The van der Waals surface area contributed by atoms with Gasteiger partial charge < -0.3 is 9.36 Å². The van der Waals surface area contributed by atoms with E-state index in [1.54, 1.807) is 6.07 Å². The maximum atomic E-state index is 12.9. The summed E-state index contributed by atoms with van der Waals surface area (Å²) in [6.07, 6.45) is 3.10. The fraction of sp³-hybridized carbons (Fsp3) is 0.182. The monoisotopic (exact) mass is 191 g/mol. The van der Waals surface area contributed by atoms with Crippen LogP contribution in [0.25, 0.3) is 10.9 Å². The molecule has 1 heterocycles. The minimum absolute atomic E-state index is 0.253. The van der Waals surface area contributed by atoms with Gasteiger partial charge in [-0.3, -0.25) is 0 Å². The Hall–Kier alpha value is -1.64. The Balaban J connectivity index is 2.70. The average Bonchev–Trinajstić information content (AvgIpc) is 2.44. The van der Waals surface area contributed by atoms with Crippen molar-refractivity contribution in [1.29, 1.82) is 0 Å². The number of rotatable bonds is 2. The smallest absolute Gasteiger partial charge is 0.125 e. The van der Waals surface area contributed by atoms with Crippen molar-refractivity contribution >= 4 is 17.2 Å². The summed E-state index contributed by atoms with van der Waals surface area (Å²) in [5.74, 6) is -0.253. The lowest BCUT2D eigenvalue weighted by atomic mass is 10.1. The highest BCUT2D eigenvalue weighted by molar-refractivity contribution is 5.85. The standard InChI is InChI=1S/C11H10FNO/c1-13-7-8(4-5-14)10-3-2-9(12)6-11(10)13/h2-3,5-7H,4H2,1H3. The third kappa shape index (κ3) is 1.31. The van der Waals surface area contributed by atoms with Crippen LogP contribution in [0.1, 0.15) is 5.56 Å². The van der Waals surface area contributed by atoms with E-state index in [1.165, 1.54) is 12.1 Å². The highest BCUT2D eigenvalue weighted by Gasteiger charge is 2.06. The molecule has 14 heavy (non-hydrogen) atoms. The van der Waals surface area contributed by atoms with Gasteiger partial charge in [-0.25, -0.2) is 4.39 Å². The normalized spacial score (nSPS) is 10.7. The maximum Gasteiger partial charge on any atom is 0.125 e. The predicted molar refractivity (Wildman–Crippen MR) is 52.6 cm³/mol. The topological polar surface area (TPSA) is 22.0 Å². The SMILES string of the molecule is Cn1cc(CC=O)c2ccc(F)cc21. The molecule has 0 radical (unpaired) electrons. The average molecular weight is 191 g/mol. The van der Waals surface area contributed by atoms with Crippen LogP contribution in [0.3, 0.4) is 0 Å². The van der Waals surface area contributed by atoms with E-state index in [0.717, 1.165) is 22.8 Å². The molecule has 72 valence electrons. The van der Waals surface area contributed by atoms with Gasteiger partial charge in [0, 0.05) is 25.1 Å². The van der Waals surface area contributed by atoms with Crippen molar-refractivity contribution in [3.8, 4) is 0 Å². The van der Waals surface area contributed by atoms with Crippen molar-refractivity contribution < 1.29 is 9.18 Å². The van der Waals surface area contributed by atoms with E-state index in [-0.39, 0.29) is 5.82 Å². The molecule has 0 amide bonds. The summed E-state index contributed by atoms with van der Waals surface area (Å²) in [6.45, 7) is 0. The van der Waals surface area contributed by atoms with E-state index in [0.29, 0.717) is 6.42 Å². The van der Waals surface area contributed by atoms with Gasteiger partial charge in [-0.2, -0.15) is 0 Å². The Labute approximate surface area is 81.0 Å². The minimum Gasteiger partial charge on any atom is -0.350 e. The van der Waals surface area contributed by atoms with Crippen molar-refractivity contribution in [2.45, 2.75) is 6.42 Å². The summed E-state index contributed by atoms with van der Waals surface area (Å²) in [5.41, 5.74) is 1.76. The summed E-state index contributed by atoms with van der Waals surface area (Å²) in [5, 5.41) is 0.945. The second-order valence-electron chi connectivity index (χ2n) is 3.30. The lowest BCUT2D eigenvalue weighted by Crippen LogP contribution is -1.84. The Kier molecular flexibility index (Phi) is 2.08. The molecule has 1 aromatic carbocycles. The molecule has 0 aliphatic rings. The largest absolute Gasteiger partial charge is 0.350 e. The highest BCUT2D eigenvalue weighted by atomic mass is 19.1. The molecule has 2 aromatic rings. The molecule has 0 unspecified atom stereocenters. The first kappa shape index (κ1) is 8.94. The minimum atomic E-state index is -0.253. The van der Waals surface area contributed by atoms with Crippen molar-refractivity contribution in [2.75, 3.05) is 0 Å². The summed E-state index contributed by atoms with van der Waals surface area (Å²) in [6, 6.07) is 4.60. The Morgan fingerprint density at radius 3 is 3.00 bits per heavy atom. The number of aldehydes is 1. The van der Waals surface area contributed by atoms with Crippen molar-refractivity contribution in [3.63, 3.8) is 0 Å². The van der Waals surface area contributed by atoms with Crippen LogP contribution in [0.2, 0.25) is 0 Å². The number of aromatic nitrogens is 1. The fourth-order valence-corrected chi connectivity index (χ4v) is 1.69. The van der Waals surface area contributed by atoms with Crippen LogP contribution in [-0.4, -0.2) is 10.9 Å². The van der Waals surface area contributed by atoms with Crippen LogP contribution in [0.4, 0.5) is 4.39 Å². The number of hydrogen-bond acceptors (Lipinski definition) is 1. The van der Waals surface area contributed by atoms with Crippen LogP contribution in [0.15, 0.2) is 24.4 Å². The highest BCUT2D eigenvalue weighted by Crippen LogP contribution is 2.21. The zero-order valence-electron chi connectivity index (χ0n) is 7.83. The number of hydrogen-bond donors (Lipinski definition) is 0. The van der Waals surface area contributed by atoms with Crippen LogP contribution in [0, 0.1) is 5.82 Å². The molecular weight excluding hydrogens is 181 g/mol. The van der Waals surface area contributed by atoms with Gasteiger partial charge in [-0.05, 0) is 23.8 Å². The van der Waals surface area contributed by atoms with E-state index in [9.17, 15) is 9.18 Å². The first-order valence-electron chi connectivity index (χ1n) is 4.39. The lowest BCUT2D eigenvalue weighted by Gasteiger charge is -1.95. The number of aryl methyl sites for hydroxylation is 1. The molecule has 2 nitrogen and oxygen atoms in total. The number of halogens is 1. The van der Waals surface area contributed by atoms with Gasteiger partial charge in [0.2, 0.25) is 0 Å². The number of fused-ring (bicyclic) bond motifs is 1. The molecule has 1 aromatic heterocycles. The second kappa shape index (κ2) is 3.25. The van der Waals surface area contributed by atoms with Crippen LogP contribution in [0.5, 0.6) is 0 Å². The summed E-state index contributed by atoms with van der Waals surface area (Å²) in [4.78, 5) is 10.4. The molecule has 3 heteroatoms. The van der Waals surface area contributed by atoms with Gasteiger partial charge in [0.1, 0.15) is 12.1 Å². The molecular formula is C11H10FNO. The van der Waals surface area contributed by atoms with E-state index in [4.69, 9.17) is 0 Å². The summed E-state index contributed by atoms with van der Waals surface area (Å²) >= 11 is 0. The molecule has 0 saturated heterocycles. The molecule has 0 spiro atoms. The van der Waals surface area contributed by atoms with Gasteiger partial charge in [-0.15, -0.1) is 0 Å². The van der Waals surface area contributed by atoms with Gasteiger partial charge in [0.05, 0.1) is 5.52 Å². The number of nitrogens with zero attached hydrogens (tertiary/aromatic N) is 1. The molecule has 0 aliphatic heterocycles. The third-order valence-corrected chi connectivity index (χ3v) is 2.34. The van der Waals surface area contributed by atoms with Crippen LogP contribution < -0.4 is 0 Å². The molecule has 0 N–H and O–H groups in total. The zero-order chi connectivity index (χ0) is 10.1. The quantitative estimate of drug-likeness (QED) is 0.666. The third-order valence-electron chi connectivity index (χ3n) is 2.34. The molecule has 0 saturated carbocycles. The van der Waals surface area contributed by atoms with Crippen LogP contribution >= 0.6 is 0 Å². The fourth-order valence-electron chi connectivity index (χ4n) is 1.69. The molecule has 0 aliphatic carbocycles. The molecule has 0 fully saturated rings. The van der Waals surface area contributed by atoms with E-state index in [2.05, 4.69) is 0 Å². The van der Waals surface area contributed by atoms with Crippen molar-refractivity contribution in [1.82, 2.24) is 4.57 Å². The van der Waals surface area contributed by atoms with Gasteiger partial charge in [0.25, 0.3) is 0 Å². The molecule has 2 rings (SSSR count). The number of carbonyl (C=O) groups excluding carboxylic acids is 1. The van der Waals surface area contributed by atoms with E-state index < -0.39 is 0 Å². The maximum absolute atomic E-state index is 12.9. The lowest BCUT2D eigenvalue weighted by molar-refractivity contribution is -0.107. The van der Waals surface area contributed by atoms with E-state index >= 15 is 0 Å². The van der Waals surface area contributed by atoms with Gasteiger partial charge >= 0.3 is 0 Å². The first-order valence-corrected chi connectivity index (χ1v) is 4.39. The Morgan fingerprint density at radius 1 is 1.50 bits per heavy atom. The summed E-state index contributed by atoms with van der Waals surface area (Å²) < 4.78 is 14.8. The first-order chi connectivity index (χ1) is 6.72. The predicted octanol–water partition coefficient (Wildman–Crippen LogP) is 2.06. The summed E-state index contributed by atoms with van der Waals surface area (Å²) in [7, 11) is 1.84. The number of carbonyl (C=O) groups is 1. The van der Waals surface area contributed by atoms with Crippen molar-refractivity contribution in [2.24, 2.45) is 7.05 Å². The Bertz CT molecular complexity index is 487. The van der Waals surface area contributed by atoms with Gasteiger partial charge in [-0.1, -0.05) is 0 Å².